The first-order chi connectivity index (χ1) is 12.4. The van der Waals surface area contributed by atoms with E-state index in [-0.39, 0.29) is 6.04 Å². The van der Waals surface area contributed by atoms with Gasteiger partial charge in [0.1, 0.15) is 0 Å². The number of hydrogen-bond donors (Lipinski definition) is 0. The van der Waals surface area contributed by atoms with Gasteiger partial charge in [0, 0.05) is 41.9 Å². The molecule has 1 fully saturated rings. The Kier molecular flexibility index (Phi) is 7.41. The molecule has 142 valence electrons. The molecule has 1 aromatic carbocycles. The van der Waals surface area contributed by atoms with Crippen LogP contribution in [0.15, 0.2) is 45.4 Å². The smallest absolute Gasteiger partial charge is 0.223 e. The standard InChI is InChI=1S/C17H24BrN5.C3H6/c1-12(2)20-23-13(3)15-11-14(18)5-6-16(15)19-17(23)22-9-7-21(4)8-10-22;1-3-2/h5-6,11,13H,7-10H2,1-4H3;3H,1H2,2H3. The number of aliphatic imine (C=N–C) groups is 1. The van der Waals surface area contributed by atoms with Crippen LogP contribution in [0.3, 0.4) is 0 Å². The van der Waals surface area contributed by atoms with Crippen LogP contribution < -0.4 is 0 Å². The van der Waals surface area contributed by atoms with E-state index in [1.165, 1.54) is 5.56 Å². The van der Waals surface area contributed by atoms with Gasteiger partial charge in [-0.3, -0.25) is 0 Å². The summed E-state index contributed by atoms with van der Waals surface area (Å²) in [4.78, 5) is 9.65. The van der Waals surface area contributed by atoms with Gasteiger partial charge in [-0.05, 0) is 52.9 Å². The zero-order valence-electron chi connectivity index (χ0n) is 16.5. The van der Waals surface area contributed by atoms with Crippen molar-refractivity contribution < 1.29 is 0 Å². The monoisotopic (exact) mass is 419 g/mol. The molecule has 0 aromatic heterocycles. The molecule has 0 saturated carbocycles. The van der Waals surface area contributed by atoms with Crippen molar-refractivity contribution in [2.75, 3.05) is 33.2 Å². The number of likely N-dealkylation sites (N-methyl/N-ethyl adjacent to an activating group) is 1. The van der Waals surface area contributed by atoms with Crippen LogP contribution in [0, 0.1) is 0 Å². The summed E-state index contributed by atoms with van der Waals surface area (Å²) in [7, 11) is 2.17. The minimum absolute atomic E-state index is 0.171. The number of benzene rings is 1. The van der Waals surface area contributed by atoms with Crippen LogP contribution in [-0.4, -0.2) is 59.7 Å². The Hall–Kier alpha value is -1.66. The molecule has 0 amide bonds. The van der Waals surface area contributed by atoms with Crippen LogP contribution in [0.5, 0.6) is 0 Å². The second-order valence-electron chi connectivity index (χ2n) is 6.88. The van der Waals surface area contributed by atoms with Crippen molar-refractivity contribution in [2.24, 2.45) is 10.1 Å². The Labute approximate surface area is 166 Å². The number of fused-ring (bicyclic) bond motifs is 1. The highest BCUT2D eigenvalue weighted by Gasteiger charge is 2.31. The first kappa shape index (κ1) is 20.6. The molecule has 1 unspecified atom stereocenters. The lowest BCUT2D eigenvalue weighted by Crippen LogP contribution is -2.52. The molecule has 0 spiro atoms. The van der Waals surface area contributed by atoms with Crippen molar-refractivity contribution in [1.82, 2.24) is 14.8 Å². The van der Waals surface area contributed by atoms with E-state index in [0.717, 1.165) is 48.0 Å². The molecule has 0 aliphatic carbocycles. The Morgan fingerprint density at radius 1 is 1.27 bits per heavy atom. The quantitative estimate of drug-likeness (QED) is 0.490. The summed E-state index contributed by atoms with van der Waals surface area (Å²) in [5.41, 5.74) is 3.30. The van der Waals surface area contributed by atoms with Gasteiger partial charge < -0.3 is 9.80 Å². The zero-order chi connectivity index (χ0) is 19.3. The number of hydrazone groups is 1. The van der Waals surface area contributed by atoms with Crippen molar-refractivity contribution in [3.8, 4) is 0 Å². The van der Waals surface area contributed by atoms with E-state index in [1.807, 2.05) is 20.8 Å². The lowest BCUT2D eigenvalue weighted by atomic mass is 10.0. The fraction of sp³-hybridized carbons (Fsp3) is 0.500. The molecule has 2 aliphatic heterocycles. The van der Waals surface area contributed by atoms with E-state index in [0.29, 0.717) is 0 Å². The first-order valence-electron chi connectivity index (χ1n) is 9.07. The Balaban J connectivity index is 0.000000758. The van der Waals surface area contributed by atoms with Crippen molar-refractivity contribution in [2.45, 2.75) is 33.7 Å². The zero-order valence-corrected chi connectivity index (χ0v) is 18.1. The fourth-order valence-electron chi connectivity index (χ4n) is 2.99. The largest absolute Gasteiger partial charge is 0.338 e. The number of nitrogens with zero attached hydrogens (tertiary/aromatic N) is 5. The van der Waals surface area contributed by atoms with Crippen LogP contribution in [0.1, 0.15) is 39.3 Å². The highest BCUT2D eigenvalue weighted by atomic mass is 79.9. The van der Waals surface area contributed by atoms with Crippen molar-refractivity contribution in [3.05, 3.63) is 40.9 Å². The highest BCUT2D eigenvalue weighted by molar-refractivity contribution is 9.10. The summed E-state index contributed by atoms with van der Waals surface area (Å²) in [5.74, 6) is 0.974. The molecule has 6 heteroatoms. The molecule has 1 saturated heterocycles. The molecular formula is C20H30BrN5. The average molecular weight is 420 g/mol. The predicted molar refractivity (Wildman–Crippen MR) is 115 cm³/mol. The third-order valence-corrected chi connectivity index (χ3v) is 4.82. The van der Waals surface area contributed by atoms with Crippen LogP contribution in [-0.2, 0) is 0 Å². The van der Waals surface area contributed by atoms with Gasteiger partial charge >= 0.3 is 0 Å². The molecule has 26 heavy (non-hydrogen) atoms. The number of halogens is 1. The van der Waals surface area contributed by atoms with Crippen molar-refractivity contribution >= 4 is 33.3 Å². The van der Waals surface area contributed by atoms with E-state index in [9.17, 15) is 0 Å². The number of hydrogen-bond acceptors (Lipinski definition) is 5. The summed E-state index contributed by atoms with van der Waals surface area (Å²) >= 11 is 3.57. The molecule has 0 radical (unpaired) electrons. The molecule has 1 aromatic rings. The van der Waals surface area contributed by atoms with Gasteiger partial charge in [0.2, 0.25) is 5.96 Å². The number of guanidine groups is 1. The number of rotatable bonds is 1. The minimum atomic E-state index is 0.171. The summed E-state index contributed by atoms with van der Waals surface area (Å²) in [5, 5.41) is 6.85. The molecule has 5 nitrogen and oxygen atoms in total. The summed E-state index contributed by atoms with van der Waals surface area (Å²) < 4.78 is 1.08. The second kappa shape index (κ2) is 9.33. The summed E-state index contributed by atoms with van der Waals surface area (Å²) in [6.07, 6.45) is 1.75. The lowest BCUT2D eigenvalue weighted by molar-refractivity contribution is 0.186. The molecule has 2 aliphatic rings. The molecule has 3 rings (SSSR count). The van der Waals surface area contributed by atoms with Gasteiger partial charge in [-0.2, -0.15) is 5.10 Å². The second-order valence-corrected chi connectivity index (χ2v) is 7.80. The molecule has 0 N–H and O–H groups in total. The maximum absolute atomic E-state index is 4.94. The van der Waals surface area contributed by atoms with Gasteiger partial charge in [0.05, 0.1) is 11.7 Å². The summed E-state index contributed by atoms with van der Waals surface area (Å²) in [6, 6.07) is 6.47. The lowest BCUT2D eigenvalue weighted by Gasteiger charge is -2.41. The van der Waals surface area contributed by atoms with Crippen LogP contribution in [0.25, 0.3) is 0 Å². The van der Waals surface area contributed by atoms with Gasteiger partial charge in [-0.25, -0.2) is 10.0 Å². The predicted octanol–water partition coefficient (Wildman–Crippen LogP) is 4.65. The molecule has 1 atom stereocenters. The van der Waals surface area contributed by atoms with Crippen LogP contribution >= 0.6 is 15.9 Å². The van der Waals surface area contributed by atoms with Crippen LogP contribution in [0.4, 0.5) is 5.69 Å². The number of allylic oxidation sites excluding steroid dienone is 1. The maximum Gasteiger partial charge on any atom is 0.223 e. The van der Waals surface area contributed by atoms with E-state index in [1.54, 1.807) is 6.08 Å². The molecular weight excluding hydrogens is 390 g/mol. The minimum Gasteiger partial charge on any atom is -0.338 e. The highest BCUT2D eigenvalue weighted by Crippen LogP contribution is 2.37. The van der Waals surface area contributed by atoms with E-state index in [4.69, 9.17) is 10.1 Å². The van der Waals surface area contributed by atoms with Crippen molar-refractivity contribution in [3.63, 3.8) is 0 Å². The third-order valence-electron chi connectivity index (χ3n) is 4.33. The van der Waals surface area contributed by atoms with Gasteiger partial charge in [-0.1, -0.05) is 22.0 Å². The number of piperazine rings is 1. The van der Waals surface area contributed by atoms with Crippen LogP contribution in [0.2, 0.25) is 0 Å². The molecule has 2 heterocycles. The topological polar surface area (TPSA) is 34.4 Å². The Bertz CT molecular complexity index is 685. The average Bonchev–Trinajstić information content (AvgIpc) is 2.59. The Morgan fingerprint density at radius 3 is 2.46 bits per heavy atom. The maximum atomic E-state index is 4.94. The SMILES string of the molecule is C=CC.CC(C)=NN1C(N2CCN(C)CC2)=Nc2ccc(Br)cc2C1C. The van der Waals surface area contributed by atoms with Gasteiger partial charge in [0.15, 0.2) is 0 Å². The Morgan fingerprint density at radius 2 is 1.88 bits per heavy atom. The normalized spacial score (nSPS) is 19.8. The fourth-order valence-corrected chi connectivity index (χ4v) is 3.37. The van der Waals surface area contributed by atoms with E-state index < -0.39 is 0 Å². The van der Waals surface area contributed by atoms with Crippen molar-refractivity contribution in [1.29, 1.82) is 0 Å². The first-order valence-corrected chi connectivity index (χ1v) is 9.86. The van der Waals surface area contributed by atoms with E-state index >= 15 is 0 Å². The molecule has 0 bridgehead atoms. The van der Waals surface area contributed by atoms with Gasteiger partial charge in [-0.15, -0.1) is 6.58 Å². The third kappa shape index (κ3) is 4.95. The summed E-state index contributed by atoms with van der Waals surface area (Å²) in [6.45, 7) is 15.6. The van der Waals surface area contributed by atoms with E-state index in [2.05, 4.69) is 69.5 Å². The van der Waals surface area contributed by atoms with Gasteiger partial charge in [0.25, 0.3) is 0 Å².